The summed E-state index contributed by atoms with van der Waals surface area (Å²) in [5.74, 6) is 0. The summed E-state index contributed by atoms with van der Waals surface area (Å²) in [6.07, 6.45) is 9.79. The number of carbonyl (C=O) groups excluding carboxylic acids is 1. The number of benzene rings is 1. The van der Waals surface area contributed by atoms with Gasteiger partial charge in [-0.15, -0.1) is 0 Å². The quantitative estimate of drug-likeness (QED) is 0.619. The van der Waals surface area contributed by atoms with Crippen LogP contribution >= 0.6 is 15.9 Å². The highest BCUT2D eigenvalue weighted by atomic mass is 79.9. The summed E-state index contributed by atoms with van der Waals surface area (Å²) in [6.45, 7) is 0. The number of hydrogen-bond donors (Lipinski definition) is 2. The van der Waals surface area contributed by atoms with E-state index < -0.39 is 0 Å². The monoisotopic (exact) mass is 412 g/mol. The number of urea groups is 1. The van der Waals surface area contributed by atoms with Crippen LogP contribution in [0.2, 0.25) is 0 Å². The molecule has 0 radical (unpaired) electrons. The fraction of sp³-hybridized carbons (Fsp3) is 0.300. The van der Waals surface area contributed by atoms with Crippen molar-refractivity contribution in [2.45, 2.75) is 38.1 Å². The van der Waals surface area contributed by atoms with E-state index in [1.54, 1.807) is 0 Å². The highest BCUT2D eigenvalue weighted by Crippen LogP contribution is 2.24. The number of halogens is 1. The number of nitrogens with one attached hydrogen (secondary N) is 2. The summed E-state index contributed by atoms with van der Waals surface area (Å²) >= 11 is 3.47. The largest absolute Gasteiger partial charge is 0.335 e. The summed E-state index contributed by atoms with van der Waals surface area (Å²) in [5, 5.41) is 6.03. The summed E-state index contributed by atoms with van der Waals surface area (Å²) in [5.41, 5.74) is 3.50. The minimum atomic E-state index is -0.131. The number of amides is 2. The maximum absolute atomic E-state index is 12.3. The molecule has 0 spiro atoms. The summed E-state index contributed by atoms with van der Waals surface area (Å²) in [6, 6.07) is 11.9. The van der Waals surface area contributed by atoms with E-state index in [0.29, 0.717) is 6.04 Å². The van der Waals surface area contributed by atoms with Crippen LogP contribution in [0.15, 0.2) is 53.3 Å². The molecule has 0 unspecified atom stereocenters. The van der Waals surface area contributed by atoms with Crippen molar-refractivity contribution < 1.29 is 4.79 Å². The summed E-state index contributed by atoms with van der Waals surface area (Å²) < 4.78 is 2.98. The number of carbonyl (C=O) groups is 1. The third-order valence-electron chi connectivity index (χ3n) is 4.77. The lowest BCUT2D eigenvalue weighted by atomic mass is 9.96. The van der Waals surface area contributed by atoms with Crippen LogP contribution in [-0.2, 0) is 0 Å². The zero-order chi connectivity index (χ0) is 17.9. The van der Waals surface area contributed by atoms with Gasteiger partial charge in [0.25, 0.3) is 0 Å². The fourth-order valence-corrected chi connectivity index (χ4v) is 3.81. The van der Waals surface area contributed by atoms with Crippen molar-refractivity contribution >= 4 is 33.3 Å². The molecule has 1 aliphatic rings. The van der Waals surface area contributed by atoms with Crippen molar-refractivity contribution in [3.05, 3.63) is 53.3 Å². The van der Waals surface area contributed by atoms with Crippen molar-refractivity contribution in [2.24, 2.45) is 0 Å². The molecule has 2 N–H and O–H groups in total. The number of aromatic nitrogens is 2. The van der Waals surface area contributed by atoms with Gasteiger partial charge in [0.15, 0.2) is 0 Å². The van der Waals surface area contributed by atoms with Crippen molar-refractivity contribution in [2.75, 3.05) is 5.32 Å². The molecule has 2 amide bonds. The van der Waals surface area contributed by atoms with Gasteiger partial charge in [-0.3, -0.25) is 0 Å². The van der Waals surface area contributed by atoms with Crippen molar-refractivity contribution in [1.29, 1.82) is 0 Å². The van der Waals surface area contributed by atoms with Gasteiger partial charge in [-0.25, -0.2) is 9.78 Å². The Morgan fingerprint density at radius 2 is 1.96 bits per heavy atom. The Kier molecular flexibility index (Phi) is 4.93. The second kappa shape index (κ2) is 7.50. The van der Waals surface area contributed by atoms with Crippen LogP contribution in [0.25, 0.3) is 16.9 Å². The Morgan fingerprint density at radius 3 is 2.81 bits per heavy atom. The van der Waals surface area contributed by atoms with Gasteiger partial charge in [0.05, 0.1) is 5.69 Å². The van der Waals surface area contributed by atoms with Crippen LogP contribution in [0, 0.1) is 0 Å². The first kappa shape index (κ1) is 17.1. The van der Waals surface area contributed by atoms with Gasteiger partial charge in [0, 0.05) is 34.2 Å². The van der Waals surface area contributed by atoms with Crippen LogP contribution in [0.5, 0.6) is 0 Å². The lowest BCUT2D eigenvalue weighted by Gasteiger charge is -2.22. The number of rotatable bonds is 3. The number of nitrogens with zero attached hydrogens (tertiary/aromatic N) is 2. The first-order valence-electron chi connectivity index (χ1n) is 8.99. The third kappa shape index (κ3) is 3.90. The van der Waals surface area contributed by atoms with Gasteiger partial charge >= 0.3 is 6.03 Å². The first-order chi connectivity index (χ1) is 12.7. The molecule has 0 aliphatic heterocycles. The lowest BCUT2D eigenvalue weighted by Crippen LogP contribution is -2.39. The van der Waals surface area contributed by atoms with Gasteiger partial charge in [-0.1, -0.05) is 31.4 Å². The molecule has 2 heterocycles. The van der Waals surface area contributed by atoms with E-state index in [9.17, 15) is 4.79 Å². The second-order valence-electron chi connectivity index (χ2n) is 6.75. The van der Waals surface area contributed by atoms with Gasteiger partial charge in [-0.05, 0) is 53.0 Å². The van der Waals surface area contributed by atoms with E-state index in [2.05, 4.69) is 31.5 Å². The molecule has 3 aromatic rings. The topological polar surface area (TPSA) is 58.4 Å². The van der Waals surface area contributed by atoms with E-state index in [-0.39, 0.29) is 6.03 Å². The predicted molar refractivity (Wildman–Crippen MR) is 107 cm³/mol. The van der Waals surface area contributed by atoms with Crippen LogP contribution in [0.4, 0.5) is 10.5 Å². The smallest absolute Gasteiger partial charge is 0.319 e. The van der Waals surface area contributed by atoms with Gasteiger partial charge in [-0.2, -0.15) is 0 Å². The number of imidazole rings is 1. The molecule has 0 saturated heterocycles. The second-order valence-corrected chi connectivity index (χ2v) is 7.67. The lowest BCUT2D eigenvalue weighted by molar-refractivity contribution is 0.244. The van der Waals surface area contributed by atoms with E-state index >= 15 is 0 Å². The molecule has 4 rings (SSSR count). The van der Waals surface area contributed by atoms with Gasteiger partial charge < -0.3 is 15.0 Å². The molecule has 6 heteroatoms. The molecular weight excluding hydrogens is 392 g/mol. The van der Waals surface area contributed by atoms with E-state index in [0.717, 1.165) is 39.9 Å². The molecule has 5 nitrogen and oxygen atoms in total. The van der Waals surface area contributed by atoms with Crippen LogP contribution in [-0.4, -0.2) is 21.5 Å². The number of hydrogen-bond acceptors (Lipinski definition) is 2. The highest BCUT2D eigenvalue weighted by Gasteiger charge is 2.15. The Bertz CT molecular complexity index is 930. The average Bonchev–Trinajstić information content (AvgIpc) is 3.06. The van der Waals surface area contributed by atoms with Crippen LogP contribution < -0.4 is 10.6 Å². The van der Waals surface area contributed by atoms with Crippen molar-refractivity contribution in [3.63, 3.8) is 0 Å². The Hall–Kier alpha value is -2.34. The van der Waals surface area contributed by atoms with E-state index in [4.69, 9.17) is 0 Å². The highest BCUT2D eigenvalue weighted by molar-refractivity contribution is 9.10. The third-order valence-corrected chi connectivity index (χ3v) is 5.24. The normalized spacial score (nSPS) is 15.1. The SMILES string of the molecule is O=C(Nc1cccc(-c2cn3cc(Br)ccc3n2)c1)NC1CCCCC1. The van der Waals surface area contributed by atoms with Crippen LogP contribution in [0.1, 0.15) is 32.1 Å². The first-order valence-corrected chi connectivity index (χ1v) is 9.79. The summed E-state index contributed by atoms with van der Waals surface area (Å²) in [4.78, 5) is 16.9. The molecule has 0 bridgehead atoms. The number of pyridine rings is 1. The number of anilines is 1. The zero-order valence-electron chi connectivity index (χ0n) is 14.4. The fourth-order valence-electron chi connectivity index (χ4n) is 3.46. The molecule has 1 aliphatic carbocycles. The molecule has 1 fully saturated rings. The molecule has 134 valence electrons. The standard InChI is InChI=1S/C20H21BrN4O/c21-15-9-10-19-24-18(13-25(19)12-15)14-5-4-8-17(11-14)23-20(26)22-16-6-2-1-3-7-16/h4-5,8-13,16H,1-3,6-7H2,(H2,22,23,26). The molecule has 0 atom stereocenters. The number of fused-ring (bicyclic) bond motifs is 1. The zero-order valence-corrected chi connectivity index (χ0v) is 16.0. The van der Waals surface area contributed by atoms with E-state index in [1.807, 2.05) is 53.2 Å². The Balaban J connectivity index is 1.49. The van der Waals surface area contributed by atoms with Gasteiger partial charge in [0.2, 0.25) is 0 Å². The molecule has 1 saturated carbocycles. The Labute approximate surface area is 161 Å². The maximum atomic E-state index is 12.3. The minimum absolute atomic E-state index is 0.131. The van der Waals surface area contributed by atoms with Crippen molar-refractivity contribution in [3.8, 4) is 11.3 Å². The van der Waals surface area contributed by atoms with Crippen molar-refractivity contribution in [1.82, 2.24) is 14.7 Å². The molecule has 26 heavy (non-hydrogen) atoms. The molecule has 2 aromatic heterocycles. The minimum Gasteiger partial charge on any atom is -0.335 e. The van der Waals surface area contributed by atoms with Crippen LogP contribution in [0.3, 0.4) is 0 Å². The van der Waals surface area contributed by atoms with E-state index in [1.165, 1.54) is 19.3 Å². The van der Waals surface area contributed by atoms with Gasteiger partial charge in [0.1, 0.15) is 5.65 Å². The average molecular weight is 413 g/mol. The predicted octanol–water partition coefficient (Wildman–Crippen LogP) is 5.22. The Morgan fingerprint density at radius 1 is 1.12 bits per heavy atom. The summed E-state index contributed by atoms with van der Waals surface area (Å²) in [7, 11) is 0. The molecular formula is C20H21BrN4O. The molecule has 1 aromatic carbocycles. The maximum Gasteiger partial charge on any atom is 0.319 e.